The van der Waals surface area contributed by atoms with E-state index >= 15 is 0 Å². The Labute approximate surface area is 128 Å². The lowest BCUT2D eigenvalue weighted by molar-refractivity contribution is 0.415. The van der Waals surface area contributed by atoms with Crippen LogP contribution >= 0.6 is 12.2 Å². The Morgan fingerprint density at radius 2 is 2.19 bits per heavy atom. The highest BCUT2D eigenvalue weighted by atomic mass is 32.1. The molecule has 1 aromatic heterocycles. The average molecular weight is 303 g/mol. The van der Waals surface area contributed by atoms with Gasteiger partial charge in [-0.3, -0.25) is 4.79 Å². The molecule has 3 N–H and O–H groups in total. The van der Waals surface area contributed by atoms with Crippen molar-refractivity contribution in [3.8, 4) is 5.75 Å². The summed E-state index contributed by atoms with van der Waals surface area (Å²) in [6.07, 6.45) is 0. The molecule has 1 heterocycles. The lowest BCUT2D eigenvalue weighted by atomic mass is 10.1. The molecule has 2 aromatic rings. The van der Waals surface area contributed by atoms with Crippen LogP contribution in [0.3, 0.4) is 0 Å². The molecule has 5 nitrogen and oxygen atoms in total. The summed E-state index contributed by atoms with van der Waals surface area (Å²) < 4.78 is 5.17. The van der Waals surface area contributed by atoms with Crippen molar-refractivity contribution < 1.29 is 4.74 Å². The molecule has 2 rings (SSSR count). The van der Waals surface area contributed by atoms with Crippen LogP contribution in [-0.4, -0.2) is 23.8 Å². The monoisotopic (exact) mass is 303 g/mol. The highest BCUT2D eigenvalue weighted by molar-refractivity contribution is 7.80. The second kappa shape index (κ2) is 6.41. The molecule has 0 atom stereocenters. The summed E-state index contributed by atoms with van der Waals surface area (Å²) in [5, 5.41) is 6.97. The summed E-state index contributed by atoms with van der Waals surface area (Å²) in [6.45, 7) is 6.56. The van der Waals surface area contributed by atoms with Gasteiger partial charge in [0.05, 0.1) is 24.0 Å². The Bertz CT molecular complexity index is 752. The molecule has 0 unspecified atom stereocenters. The van der Waals surface area contributed by atoms with Crippen molar-refractivity contribution in [3.05, 3.63) is 46.8 Å². The number of hydrogen-bond acceptors (Lipinski definition) is 3. The molecule has 0 bridgehead atoms. The van der Waals surface area contributed by atoms with Crippen molar-refractivity contribution in [2.45, 2.75) is 6.92 Å². The predicted octanol–water partition coefficient (Wildman–Crippen LogP) is 1.99. The molecule has 0 spiro atoms. The van der Waals surface area contributed by atoms with Crippen molar-refractivity contribution in [2.75, 3.05) is 13.7 Å². The highest BCUT2D eigenvalue weighted by Crippen LogP contribution is 2.18. The van der Waals surface area contributed by atoms with E-state index in [0.717, 1.165) is 0 Å². The summed E-state index contributed by atoms with van der Waals surface area (Å²) in [5.74, 6) is 0.678. The average Bonchev–Trinajstić information content (AvgIpc) is 2.46. The molecule has 0 radical (unpaired) electrons. The van der Waals surface area contributed by atoms with E-state index < -0.39 is 0 Å². The van der Waals surface area contributed by atoms with Gasteiger partial charge in [-0.1, -0.05) is 6.58 Å². The molecule has 0 aliphatic rings. The lowest BCUT2D eigenvalue weighted by Gasteiger charge is -2.12. The Morgan fingerprint density at radius 3 is 2.86 bits per heavy atom. The van der Waals surface area contributed by atoms with Crippen molar-refractivity contribution in [3.63, 3.8) is 0 Å². The van der Waals surface area contributed by atoms with Crippen LogP contribution < -0.4 is 20.8 Å². The SMILES string of the molecule is C=C(NC(=S)NCC)c1cc(=O)c2ccc(OC)cc2[nH]1. The Hall–Kier alpha value is -2.34. The molecule has 0 saturated carbocycles. The van der Waals surface area contributed by atoms with Crippen LogP contribution in [0, 0.1) is 0 Å². The number of benzene rings is 1. The quantitative estimate of drug-likeness (QED) is 0.754. The molecule has 1 aromatic carbocycles. The third kappa shape index (κ3) is 3.41. The molecular formula is C15H17N3O2S. The minimum Gasteiger partial charge on any atom is -0.497 e. The van der Waals surface area contributed by atoms with E-state index in [0.29, 0.717) is 39.7 Å². The van der Waals surface area contributed by atoms with Crippen LogP contribution in [0.1, 0.15) is 12.6 Å². The maximum Gasteiger partial charge on any atom is 0.190 e. The van der Waals surface area contributed by atoms with E-state index in [2.05, 4.69) is 22.2 Å². The van der Waals surface area contributed by atoms with Gasteiger partial charge in [-0.15, -0.1) is 0 Å². The zero-order chi connectivity index (χ0) is 15.4. The zero-order valence-electron chi connectivity index (χ0n) is 11.9. The van der Waals surface area contributed by atoms with Crippen LogP contribution in [0.4, 0.5) is 0 Å². The fourth-order valence-electron chi connectivity index (χ4n) is 1.93. The van der Waals surface area contributed by atoms with Crippen LogP contribution in [0.5, 0.6) is 5.75 Å². The first-order valence-electron chi connectivity index (χ1n) is 6.50. The van der Waals surface area contributed by atoms with E-state index in [9.17, 15) is 4.79 Å². The number of rotatable bonds is 4. The normalized spacial score (nSPS) is 10.2. The second-order valence-electron chi connectivity index (χ2n) is 4.42. The number of pyridine rings is 1. The minimum atomic E-state index is -0.0845. The highest BCUT2D eigenvalue weighted by Gasteiger charge is 2.07. The number of hydrogen-bond donors (Lipinski definition) is 3. The molecule has 0 saturated heterocycles. The van der Waals surface area contributed by atoms with E-state index in [-0.39, 0.29) is 5.43 Å². The minimum absolute atomic E-state index is 0.0845. The van der Waals surface area contributed by atoms with Gasteiger partial charge in [0.25, 0.3) is 0 Å². The molecule has 0 aliphatic carbocycles. The van der Waals surface area contributed by atoms with Crippen LogP contribution in [0.15, 0.2) is 35.6 Å². The Kier molecular flexibility index (Phi) is 4.59. The van der Waals surface area contributed by atoms with Gasteiger partial charge >= 0.3 is 0 Å². The largest absolute Gasteiger partial charge is 0.497 e. The zero-order valence-corrected chi connectivity index (χ0v) is 12.8. The van der Waals surface area contributed by atoms with Crippen molar-refractivity contribution in [2.24, 2.45) is 0 Å². The molecule has 6 heteroatoms. The number of aromatic amines is 1. The van der Waals surface area contributed by atoms with Crippen molar-refractivity contribution in [1.82, 2.24) is 15.6 Å². The van der Waals surface area contributed by atoms with Crippen LogP contribution in [0.25, 0.3) is 16.6 Å². The van der Waals surface area contributed by atoms with Gasteiger partial charge in [0.15, 0.2) is 10.5 Å². The van der Waals surface area contributed by atoms with Gasteiger partial charge in [0, 0.05) is 24.1 Å². The summed E-state index contributed by atoms with van der Waals surface area (Å²) >= 11 is 5.10. The first-order chi connectivity index (χ1) is 10.0. The van der Waals surface area contributed by atoms with Gasteiger partial charge in [0.2, 0.25) is 0 Å². The van der Waals surface area contributed by atoms with Crippen molar-refractivity contribution >= 4 is 33.9 Å². The van der Waals surface area contributed by atoms with Gasteiger partial charge in [-0.05, 0) is 31.3 Å². The van der Waals surface area contributed by atoms with Gasteiger partial charge in [-0.2, -0.15) is 0 Å². The fourth-order valence-corrected chi connectivity index (χ4v) is 2.20. The number of nitrogens with one attached hydrogen (secondary N) is 3. The topological polar surface area (TPSA) is 66.2 Å². The summed E-state index contributed by atoms with van der Waals surface area (Å²) in [4.78, 5) is 15.3. The third-order valence-electron chi connectivity index (χ3n) is 2.96. The standard InChI is InChI=1S/C15H17N3O2S/c1-4-16-15(21)17-9(2)12-8-14(19)11-6-5-10(20-3)7-13(11)18-12/h5-8H,2,4H2,1,3H3,(H,18,19)(H2,16,17,21). The van der Waals surface area contributed by atoms with Gasteiger partial charge in [0.1, 0.15) is 5.75 Å². The van der Waals surface area contributed by atoms with Crippen LogP contribution in [-0.2, 0) is 0 Å². The first-order valence-corrected chi connectivity index (χ1v) is 6.91. The lowest BCUT2D eigenvalue weighted by Crippen LogP contribution is -2.33. The van der Waals surface area contributed by atoms with E-state index in [1.165, 1.54) is 6.07 Å². The Balaban J connectivity index is 2.38. The van der Waals surface area contributed by atoms with E-state index in [1.54, 1.807) is 25.3 Å². The molecule has 0 aliphatic heterocycles. The fraction of sp³-hybridized carbons (Fsp3) is 0.200. The second-order valence-corrected chi connectivity index (χ2v) is 4.83. The smallest absolute Gasteiger partial charge is 0.190 e. The summed E-state index contributed by atoms with van der Waals surface area (Å²) in [7, 11) is 1.58. The molecular weight excluding hydrogens is 286 g/mol. The molecule has 0 fully saturated rings. The third-order valence-corrected chi connectivity index (χ3v) is 3.21. The summed E-state index contributed by atoms with van der Waals surface area (Å²) in [5.41, 5.74) is 1.72. The number of aromatic nitrogens is 1. The molecule has 110 valence electrons. The number of methoxy groups -OCH3 is 1. The van der Waals surface area contributed by atoms with E-state index in [1.807, 2.05) is 6.92 Å². The molecule has 21 heavy (non-hydrogen) atoms. The number of ether oxygens (including phenoxy) is 1. The first kappa shape index (κ1) is 15.1. The molecule has 0 amide bonds. The number of H-pyrrole nitrogens is 1. The number of fused-ring (bicyclic) bond motifs is 1. The van der Waals surface area contributed by atoms with E-state index in [4.69, 9.17) is 17.0 Å². The predicted molar refractivity (Wildman–Crippen MR) is 89.6 cm³/mol. The van der Waals surface area contributed by atoms with Gasteiger partial charge < -0.3 is 20.4 Å². The maximum atomic E-state index is 12.1. The Morgan fingerprint density at radius 1 is 1.43 bits per heavy atom. The van der Waals surface area contributed by atoms with Crippen LogP contribution in [0.2, 0.25) is 0 Å². The summed E-state index contributed by atoms with van der Waals surface area (Å²) in [6, 6.07) is 6.76. The van der Waals surface area contributed by atoms with Gasteiger partial charge in [-0.25, -0.2) is 0 Å². The number of thiocarbonyl (C=S) groups is 1. The maximum absolute atomic E-state index is 12.1. The van der Waals surface area contributed by atoms with Crippen molar-refractivity contribution in [1.29, 1.82) is 0 Å².